The highest BCUT2D eigenvalue weighted by molar-refractivity contribution is 6.34. The Bertz CT molecular complexity index is 1200. The van der Waals surface area contributed by atoms with Crippen LogP contribution < -0.4 is 15.4 Å². The van der Waals surface area contributed by atoms with Crippen molar-refractivity contribution in [2.45, 2.75) is 93.1 Å². The van der Waals surface area contributed by atoms with Gasteiger partial charge in [-0.1, -0.05) is 11.6 Å². The molecule has 9 N–H and O–H groups in total. The van der Waals surface area contributed by atoms with E-state index in [1.807, 2.05) is 0 Å². The number of amides is 1. The van der Waals surface area contributed by atoms with Crippen molar-refractivity contribution in [1.29, 1.82) is 0 Å². The Morgan fingerprint density at radius 2 is 1.72 bits per heavy atom. The molecule has 4 heterocycles. The molecule has 3 saturated heterocycles. The second kappa shape index (κ2) is 16.2. The molecular weight excluding hydrogens is 646 g/mol. The number of hydrogen-bond donors (Lipinski definition) is 9. The maximum atomic E-state index is 13.4. The number of anilines is 1. The second-order valence-electron chi connectivity index (χ2n) is 12.3. The molecule has 4 aliphatic heterocycles. The number of likely N-dealkylation sites (tertiary alicyclic amines) is 1. The molecule has 4 aliphatic rings. The Kier molecular flexibility index (Phi) is 12.5. The van der Waals surface area contributed by atoms with E-state index in [9.17, 15) is 40.5 Å². The summed E-state index contributed by atoms with van der Waals surface area (Å²) in [5.74, 6) is 0.0344. The molecule has 1 amide bonds. The zero-order valence-electron chi connectivity index (χ0n) is 26.1. The summed E-state index contributed by atoms with van der Waals surface area (Å²) in [5.41, 5.74) is 1.18. The number of nitrogens with one attached hydrogen (secondary N) is 2. The van der Waals surface area contributed by atoms with Crippen molar-refractivity contribution in [2.24, 2.45) is 0 Å². The first-order valence-corrected chi connectivity index (χ1v) is 16.3. The first kappa shape index (κ1) is 36.4. The van der Waals surface area contributed by atoms with Crippen LogP contribution in [0, 0.1) is 0 Å². The van der Waals surface area contributed by atoms with Crippen LogP contribution in [0.1, 0.15) is 35.2 Å². The van der Waals surface area contributed by atoms with E-state index in [1.165, 1.54) is 6.07 Å². The largest absolute Gasteiger partial charge is 0.492 e. The molecule has 0 spiro atoms. The lowest BCUT2D eigenvalue weighted by molar-refractivity contribution is -0.340. The summed E-state index contributed by atoms with van der Waals surface area (Å²) in [5, 5.41) is 78.4. The molecule has 1 aromatic carbocycles. The fourth-order valence-electron chi connectivity index (χ4n) is 6.52. The lowest BCUT2D eigenvalue weighted by atomic mass is 9.96. The number of aliphatic hydroxyl groups excluding tert-OH is 7. The van der Waals surface area contributed by atoms with E-state index < -0.39 is 74.6 Å². The summed E-state index contributed by atoms with van der Waals surface area (Å²) in [6, 6.07) is 1.47. The molecule has 1 unspecified atom stereocenters. The van der Waals surface area contributed by atoms with E-state index >= 15 is 0 Å². The van der Waals surface area contributed by atoms with Crippen molar-refractivity contribution < 1.29 is 64.2 Å². The number of rotatable bonds is 12. The van der Waals surface area contributed by atoms with Crippen LogP contribution in [0.2, 0.25) is 5.02 Å². The minimum absolute atomic E-state index is 0.00404. The smallest absolute Gasteiger partial charge is 0.255 e. The third-order valence-electron chi connectivity index (χ3n) is 9.21. The van der Waals surface area contributed by atoms with E-state index in [-0.39, 0.29) is 29.1 Å². The molecule has 10 atom stereocenters. The highest BCUT2D eigenvalue weighted by Gasteiger charge is 2.50. The number of hydrogen-bond acceptors (Lipinski definition) is 15. The summed E-state index contributed by atoms with van der Waals surface area (Å²) in [6.45, 7) is 2.29. The van der Waals surface area contributed by atoms with E-state index in [0.717, 1.165) is 38.9 Å². The van der Waals surface area contributed by atoms with Crippen LogP contribution in [0.25, 0.3) is 0 Å². The molecule has 0 radical (unpaired) electrons. The van der Waals surface area contributed by atoms with Crippen molar-refractivity contribution in [3.05, 3.63) is 22.2 Å². The van der Waals surface area contributed by atoms with Gasteiger partial charge in [-0.05, 0) is 25.3 Å². The maximum Gasteiger partial charge on any atom is 0.255 e. The number of carbonyl (C=O) groups excluding carboxylic acids is 1. The molecule has 17 heteroatoms. The Hall–Kier alpha value is -1.90. The summed E-state index contributed by atoms with van der Waals surface area (Å²) in [7, 11) is 1.69. The minimum Gasteiger partial charge on any atom is -0.492 e. The number of piperidine rings is 1. The van der Waals surface area contributed by atoms with Crippen LogP contribution >= 0.6 is 11.6 Å². The third kappa shape index (κ3) is 7.96. The van der Waals surface area contributed by atoms with Crippen molar-refractivity contribution in [1.82, 2.24) is 10.2 Å². The number of ether oxygens (including phenoxy) is 5. The summed E-state index contributed by atoms with van der Waals surface area (Å²) < 4.78 is 27.8. The normalized spacial score (nSPS) is 34.9. The zero-order chi connectivity index (χ0) is 33.8. The van der Waals surface area contributed by atoms with Crippen LogP contribution in [0.4, 0.5) is 5.69 Å². The molecule has 5 rings (SSSR count). The van der Waals surface area contributed by atoms with E-state index in [1.54, 1.807) is 7.11 Å². The molecule has 0 aliphatic carbocycles. The zero-order valence-corrected chi connectivity index (χ0v) is 26.9. The van der Waals surface area contributed by atoms with Crippen LogP contribution in [-0.4, -0.2) is 167 Å². The summed E-state index contributed by atoms with van der Waals surface area (Å²) >= 11 is 6.68. The topological polar surface area (TPSA) is 232 Å². The molecule has 3 fully saturated rings. The second-order valence-corrected chi connectivity index (χ2v) is 12.7. The standard InChI is InChI=1S/C30H46ClN3O13/c1-43-9-2-6-34-7-3-14(4-8-34)32-28(42)16-11-17(31)20(15-5-10-44-26(15)16)33-29-24(40)23(39)27(19(13-36)45-29)47-30-25(41)22(38)21(37)18(12-35)46-30/h11,14,18-19,21-25,27,29-30,33,35-41H,2-10,12-13H2,1H3,(H,32,42)/t18-,19-,21+,22+,23-,24-,25-,27-,29?,30+/m1/s1. The number of halogens is 1. The quantitative estimate of drug-likeness (QED) is 0.104. The monoisotopic (exact) mass is 691 g/mol. The summed E-state index contributed by atoms with van der Waals surface area (Å²) in [6.07, 6.45) is -12.5. The van der Waals surface area contributed by atoms with Gasteiger partial charge in [-0.3, -0.25) is 4.79 Å². The predicted molar refractivity (Wildman–Crippen MR) is 164 cm³/mol. The van der Waals surface area contributed by atoms with Crippen LogP contribution in [0.3, 0.4) is 0 Å². The van der Waals surface area contributed by atoms with Gasteiger partial charge in [0.15, 0.2) is 12.5 Å². The first-order chi connectivity index (χ1) is 22.6. The number of aliphatic hydroxyl groups is 7. The lowest BCUT2D eigenvalue weighted by Gasteiger charge is -2.46. The lowest BCUT2D eigenvalue weighted by Crippen LogP contribution is -2.65. The van der Waals surface area contributed by atoms with Crippen LogP contribution in [0.5, 0.6) is 5.75 Å². The van der Waals surface area contributed by atoms with Gasteiger partial charge in [0, 0.05) is 51.4 Å². The Balaban J connectivity index is 1.25. The Morgan fingerprint density at radius 1 is 1.00 bits per heavy atom. The third-order valence-corrected chi connectivity index (χ3v) is 9.51. The number of nitrogens with zero attached hydrogens (tertiary/aromatic N) is 1. The number of methoxy groups -OCH3 is 1. The highest BCUT2D eigenvalue weighted by Crippen LogP contribution is 2.42. The molecule has 47 heavy (non-hydrogen) atoms. The average molecular weight is 692 g/mol. The van der Waals surface area contributed by atoms with Gasteiger partial charge in [-0.25, -0.2) is 0 Å². The molecule has 16 nitrogen and oxygen atoms in total. The molecule has 0 bridgehead atoms. The van der Waals surface area contributed by atoms with Gasteiger partial charge in [0.2, 0.25) is 0 Å². The average Bonchev–Trinajstić information content (AvgIpc) is 3.56. The van der Waals surface area contributed by atoms with Crippen LogP contribution in [0.15, 0.2) is 6.07 Å². The first-order valence-electron chi connectivity index (χ1n) is 15.9. The SMILES string of the molecule is COCCCN1CCC(NC(=O)c2cc(Cl)c(NC3O[C@H](CO)[C@@H](O[C@@H]4O[C@H](CO)[C@H](O)[C@H](O)[C@H]4O)[C@H](O)[C@H]3O)c3c2OCC3)CC1. The van der Waals surface area contributed by atoms with Gasteiger partial charge in [0.05, 0.1) is 36.1 Å². The highest BCUT2D eigenvalue weighted by atomic mass is 35.5. The van der Waals surface area contributed by atoms with Crippen LogP contribution in [-0.2, 0) is 25.4 Å². The van der Waals surface area contributed by atoms with Gasteiger partial charge in [0.1, 0.15) is 54.6 Å². The van der Waals surface area contributed by atoms with E-state index in [0.29, 0.717) is 30.0 Å². The van der Waals surface area contributed by atoms with Gasteiger partial charge in [0.25, 0.3) is 5.91 Å². The van der Waals surface area contributed by atoms with E-state index in [4.69, 9.17) is 35.3 Å². The molecule has 0 aromatic heterocycles. The van der Waals surface area contributed by atoms with Gasteiger partial charge >= 0.3 is 0 Å². The maximum absolute atomic E-state index is 13.4. The van der Waals surface area contributed by atoms with Gasteiger partial charge in [-0.2, -0.15) is 0 Å². The summed E-state index contributed by atoms with van der Waals surface area (Å²) in [4.78, 5) is 15.7. The number of benzene rings is 1. The van der Waals surface area contributed by atoms with Crippen molar-refractivity contribution in [2.75, 3.05) is 58.5 Å². The number of carbonyl (C=O) groups is 1. The van der Waals surface area contributed by atoms with Crippen molar-refractivity contribution in [3.8, 4) is 5.75 Å². The Labute approximate surface area is 277 Å². The fraction of sp³-hybridized carbons (Fsp3) is 0.767. The van der Waals surface area contributed by atoms with Crippen molar-refractivity contribution >= 4 is 23.2 Å². The Morgan fingerprint density at radius 3 is 2.40 bits per heavy atom. The minimum atomic E-state index is -1.77. The fourth-order valence-corrected chi connectivity index (χ4v) is 6.79. The van der Waals surface area contributed by atoms with E-state index in [2.05, 4.69) is 15.5 Å². The molecule has 1 aromatic rings. The molecular formula is C30H46ClN3O13. The predicted octanol–water partition coefficient (Wildman–Crippen LogP) is -2.46. The van der Waals surface area contributed by atoms with Gasteiger partial charge < -0.3 is 75.0 Å². The van der Waals surface area contributed by atoms with Gasteiger partial charge in [-0.15, -0.1) is 0 Å². The molecule has 0 saturated carbocycles. The molecule has 266 valence electrons. The number of fused-ring (bicyclic) bond motifs is 1. The van der Waals surface area contributed by atoms with Crippen molar-refractivity contribution in [3.63, 3.8) is 0 Å².